The number of aryl methyl sites for hydroxylation is 1. The van der Waals surface area contributed by atoms with Gasteiger partial charge in [-0.1, -0.05) is 6.92 Å². The molecule has 1 aromatic rings. The largest absolute Gasteiger partial charge is 0.314 e. The van der Waals surface area contributed by atoms with Gasteiger partial charge in [0.15, 0.2) is 0 Å². The highest BCUT2D eigenvalue weighted by Gasteiger charge is 1.99. The van der Waals surface area contributed by atoms with Crippen molar-refractivity contribution in [2.45, 2.75) is 32.7 Å². The molecule has 0 fully saturated rings. The lowest BCUT2D eigenvalue weighted by atomic mass is 10.2. The van der Waals surface area contributed by atoms with Crippen LogP contribution in [-0.2, 0) is 13.5 Å². The zero-order chi connectivity index (χ0) is 9.68. The van der Waals surface area contributed by atoms with Crippen LogP contribution < -0.4 is 5.32 Å². The Morgan fingerprint density at radius 3 is 2.92 bits per heavy atom. The van der Waals surface area contributed by atoms with Crippen LogP contribution in [0, 0.1) is 0 Å². The van der Waals surface area contributed by atoms with Crippen LogP contribution >= 0.6 is 0 Å². The van der Waals surface area contributed by atoms with Crippen molar-refractivity contribution in [3.63, 3.8) is 0 Å². The van der Waals surface area contributed by atoms with E-state index in [-0.39, 0.29) is 0 Å². The number of hydrogen-bond acceptors (Lipinski definition) is 2. The standard InChI is InChI=1S/C10H19N3/c1-4-9(2)11-7-5-10-6-8-13(3)12-10/h6,8-9,11H,4-5,7H2,1-3H3. The lowest BCUT2D eigenvalue weighted by Gasteiger charge is -2.09. The predicted octanol–water partition coefficient (Wildman–Crippen LogP) is 1.35. The SMILES string of the molecule is CCC(C)NCCc1ccn(C)n1. The highest BCUT2D eigenvalue weighted by molar-refractivity contribution is 4.98. The highest BCUT2D eigenvalue weighted by Crippen LogP contribution is 1.95. The van der Waals surface area contributed by atoms with E-state index in [0.717, 1.165) is 13.0 Å². The minimum Gasteiger partial charge on any atom is -0.314 e. The fraction of sp³-hybridized carbons (Fsp3) is 0.700. The summed E-state index contributed by atoms with van der Waals surface area (Å²) in [6.45, 7) is 5.42. The van der Waals surface area contributed by atoms with Crippen LogP contribution in [0.4, 0.5) is 0 Å². The van der Waals surface area contributed by atoms with Crippen LogP contribution in [0.2, 0.25) is 0 Å². The van der Waals surface area contributed by atoms with Crippen LogP contribution in [-0.4, -0.2) is 22.4 Å². The Morgan fingerprint density at radius 1 is 1.62 bits per heavy atom. The van der Waals surface area contributed by atoms with Crippen LogP contribution in [0.3, 0.4) is 0 Å². The van der Waals surface area contributed by atoms with E-state index in [1.165, 1.54) is 12.1 Å². The zero-order valence-electron chi connectivity index (χ0n) is 8.75. The summed E-state index contributed by atoms with van der Waals surface area (Å²) in [4.78, 5) is 0. The molecule has 0 spiro atoms. The van der Waals surface area contributed by atoms with Gasteiger partial charge in [0.25, 0.3) is 0 Å². The molecule has 0 radical (unpaired) electrons. The van der Waals surface area contributed by atoms with Gasteiger partial charge in [-0.15, -0.1) is 0 Å². The maximum absolute atomic E-state index is 4.31. The van der Waals surface area contributed by atoms with Crippen molar-refractivity contribution in [2.75, 3.05) is 6.54 Å². The molecular formula is C10H19N3. The average molecular weight is 181 g/mol. The number of nitrogens with zero attached hydrogens (tertiary/aromatic N) is 2. The molecule has 0 aliphatic carbocycles. The van der Waals surface area contributed by atoms with Crippen LogP contribution in [0.25, 0.3) is 0 Å². The second kappa shape index (κ2) is 5.02. The lowest BCUT2D eigenvalue weighted by Crippen LogP contribution is -2.27. The summed E-state index contributed by atoms with van der Waals surface area (Å²) in [6.07, 6.45) is 4.19. The van der Waals surface area contributed by atoms with E-state index in [4.69, 9.17) is 0 Å². The number of nitrogens with one attached hydrogen (secondary N) is 1. The first-order chi connectivity index (χ1) is 6.22. The summed E-state index contributed by atoms with van der Waals surface area (Å²) in [5.74, 6) is 0. The molecular weight excluding hydrogens is 162 g/mol. The molecule has 1 N–H and O–H groups in total. The van der Waals surface area contributed by atoms with E-state index in [2.05, 4.69) is 30.3 Å². The van der Waals surface area contributed by atoms with E-state index in [1.807, 2.05) is 17.9 Å². The molecule has 3 nitrogen and oxygen atoms in total. The zero-order valence-corrected chi connectivity index (χ0v) is 8.75. The number of rotatable bonds is 5. The maximum atomic E-state index is 4.31. The highest BCUT2D eigenvalue weighted by atomic mass is 15.2. The molecule has 0 amide bonds. The van der Waals surface area contributed by atoms with Gasteiger partial charge < -0.3 is 5.32 Å². The van der Waals surface area contributed by atoms with Gasteiger partial charge in [0.1, 0.15) is 0 Å². The molecule has 0 aliphatic rings. The quantitative estimate of drug-likeness (QED) is 0.743. The molecule has 0 saturated heterocycles. The van der Waals surface area contributed by atoms with E-state index >= 15 is 0 Å². The molecule has 0 aromatic carbocycles. The van der Waals surface area contributed by atoms with Gasteiger partial charge in [-0.2, -0.15) is 5.10 Å². The van der Waals surface area contributed by atoms with E-state index in [0.29, 0.717) is 6.04 Å². The molecule has 1 aromatic heterocycles. The van der Waals surface area contributed by atoms with Crippen molar-refractivity contribution in [3.05, 3.63) is 18.0 Å². The molecule has 1 rings (SSSR count). The first kappa shape index (κ1) is 10.3. The second-order valence-corrected chi connectivity index (χ2v) is 3.49. The van der Waals surface area contributed by atoms with Gasteiger partial charge in [-0.05, 0) is 19.4 Å². The molecule has 13 heavy (non-hydrogen) atoms. The summed E-state index contributed by atoms with van der Waals surface area (Å²) in [5, 5.41) is 7.75. The predicted molar refractivity (Wildman–Crippen MR) is 54.7 cm³/mol. The fourth-order valence-electron chi connectivity index (χ4n) is 1.19. The Labute approximate surface area is 80.1 Å². The van der Waals surface area contributed by atoms with Crippen molar-refractivity contribution in [2.24, 2.45) is 7.05 Å². The Hall–Kier alpha value is -0.830. The Morgan fingerprint density at radius 2 is 2.38 bits per heavy atom. The fourth-order valence-corrected chi connectivity index (χ4v) is 1.19. The molecule has 1 atom stereocenters. The summed E-state index contributed by atoms with van der Waals surface area (Å²) in [7, 11) is 1.95. The first-order valence-electron chi connectivity index (χ1n) is 4.94. The Kier molecular flexibility index (Phi) is 3.96. The van der Waals surface area contributed by atoms with E-state index in [1.54, 1.807) is 0 Å². The topological polar surface area (TPSA) is 29.9 Å². The third-order valence-corrected chi connectivity index (χ3v) is 2.26. The Balaban J connectivity index is 2.20. The van der Waals surface area contributed by atoms with Gasteiger partial charge >= 0.3 is 0 Å². The van der Waals surface area contributed by atoms with Gasteiger partial charge in [-0.25, -0.2) is 0 Å². The van der Waals surface area contributed by atoms with E-state index in [9.17, 15) is 0 Å². The molecule has 0 saturated carbocycles. The summed E-state index contributed by atoms with van der Waals surface area (Å²) < 4.78 is 1.85. The van der Waals surface area contributed by atoms with Crippen LogP contribution in [0.1, 0.15) is 26.0 Å². The normalized spacial score (nSPS) is 13.2. The van der Waals surface area contributed by atoms with Gasteiger partial charge in [0.2, 0.25) is 0 Å². The molecule has 0 aliphatic heterocycles. The Bertz CT molecular complexity index is 242. The summed E-state index contributed by atoms with van der Waals surface area (Å²) >= 11 is 0. The van der Waals surface area contributed by atoms with Crippen molar-refractivity contribution in [1.82, 2.24) is 15.1 Å². The number of hydrogen-bond donors (Lipinski definition) is 1. The van der Waals surface area contributed by atoms with Crippen molar-refractivity contribution < 1.29 is 0 Å². The molecule has 3 heteroatoms. The van der Waals surface area contributed by atoms with Crippen LogP contribution in [0.5, 0.6) is 0 Å². The smallest absolute Gasteiger partial charge is 0.0637 e. The monoisotopic (exact) mass is 181 g/mol. The molecule has 74 valence electrons. The van der Waals surface area contributed by atoms with Gasteiger partial charge in [0.05, 0.1) is 5.69 Å². The van der Waals surface area contributed by atoms with Gasteiger partial charge in [0, 0.05) is 32.3 Å². The molecule has 0 bridgehead atoms. The van der Waals surface area contributed by atoms with Crippen molar-refractivity contribution in [1.29, 1.82) is 0 Å². The van der Waals surface area contributed by atoms with Crippen molar-refractivity contribution in [3.8, 4) is 0 Å². The summed E-state index contributed by atoms with van der Waals surface area (Å²) in [5.41, 5.74) is 1.17. The minimum absolute atomic E-state index is 0.615. The second-order valence-electron chi connectivity index (χ2n) is 3.49. The van der Waals surface area contributed by atoms with E-state index < -0.39 is 0 Å². The average Bonchev–Trinajstić information content (AvgIpc) is 2.51. The number of aromatic nitrogens is 2. The van der Waals surface area contributed by atoms with Crippen LogP contribution in [0.15, 0.2) is 12.3 Å². The lowest BCUT2D eigenvalue weighted by molar-refractivity contribution is 0.534. The first-order valence-corrected chi connectivity index (χ1v) is 4.94. The third-order valence-electron chi connectivity index (χ3n) is 2.26. The maximum Gasteiger partial charge on any atom is 0.0637 e. The van der Waals surface area contributed by atoms with Crippen molar-refractivity contribution >= 4 is 0 Å². The molecule has 1 heterocycles. The van der Waals surface area contributed by atoms with Gasteiger partial charge in [-0.3, -0.25) is 4.68 Å². The molecule has 1 unspecified atom stereocenters. The minimum atomic E-state index is 0.615. The summed E-state index contributed by atoms with van der Waals surface area (Å²) in [6, 6.07) is 2.68. The third kappa shape index (κ3) is 3.59.